The summed E-state index contributed by atoms with van der Waals surface area (Å²) >= 11 is 0. The molecular formula is C13H11FN2O2. The van der Waals surface area contributed by atoms with Crippen LogP contribution in [0.15, 0.2) is 36.7 Å². The number of rotatable bonds is 4. The number of carbonyl (C=O) groups is 2. The van der Waals surface area contributed by atoms with Gasteiger partial charge in [0.1, 0.15) is 5.82 Å². The third kappa shape index (κ3) is 2.68. The molecule has 0 amide bonds. The van der Waals surface area contributed by atoms with E-state index in [-0.39, 0.29) is 18.0 Å². The minimum Gasteiger partial charge on any atom is -0.294 e. The van der Waals surface area contributed by atoms with Gasteiger partial charge in [-0.05, 0) is 24.3 Å². The van der Waals surface area contributed by atoms with Crippen LogP contribution < -0.4 is 0 Å². The summed E-state index contributed by atoms with van der Waals surface area (Å²) in [5, 5.41) is 3.86. The first-order valence-corrected chi connectivity index (χ1v) is 5.37. The predicted octanol–water partition coefficient (Wildman–Crippen LogP) is 2.01. The predicted molar refractivity (Wildman–Crippen MR) is 62.9 cm³/mol. The number of carbonyl (C=O) groups excluding carboxylic acids is 2. The fraction of sp³-hybridized carbons (Fsp3) is 0.154. The molecule has 0 unspecified atom stereocenters. The Morgan fingerprint density at radius 2 is 1.78 bits per heavy atom. The number of Topliss-reactive ketones (excluding diaryl/α,β-unsaturated/α-hetero) is 2. The Bertz CT molecular complexity index is 587. The van der Waals surface area contributed by atoms with Crippen molar-refractivity contribution in [2.24, 2.45) is 7.05 Å². The standard InChI is InChI=1S/C13H11FN2O2/c1-16-8-10(7-15-16)13(18)6-12(17)9-2-4-11(14)5-3-9/h2-5,7-8H,6H2,1H3. The van der Waals surface area contributed by atoms with Crippen molar-refractivity contribution in [1.82, 2.24) is 9.78 Å². The van der Waals surface area contributed by atoms with Crippen molar-refractivity contribution >= 4 is 11.6 Å². The molecule has 2 rings (SSSR count). The third-order valence-corrected chi connectivity index (χ3v) is 2.51. The van der Waals surface area contributed by atoms with Crippen molar-refractivity contribution in [1.29, 1.82) is 0 Å². The molecule has 18 heavy (non-hydrogen) atoms. The first-order chi connectivity index (χ1) is 8.56. The van der Waals surface area contributed by atoms with Crippen molar-refractivity contribution in [3.05, 3.63) is 53.6 Å². The van der Waals surface area contributed by atoms with Gasteiger partial charge in [-0.2, -0.15) is 5.10 Å². The molecule has 1 aromatic heterocycles. The lowest BCUT2D eigenvalue weighted by Crippen LogP contribution is -2.08. The van der Waals surface area contributed by atoms with E-state index >= 15 is 0 Å². The van der Waals surface area contributed by atoms with Gasteiger partial charge in [-0.25, -0.2) is 4.39 Å². The zero-order valence-electron chi connectivity index (χ0n) is 9.76. The van der Waals surface area contributed by atoms with Gasteiger partial charge in [0.2, 0.25) is 0 Å². The molecule has 0 saturated carbocycles. The molecule has 2 aromatic rings. The molecule has 0 N–H and O–H groups in total. The molecule has 0 fully saturated rings. The number of aromatic nitrogens is 2. The molecule has 0 spiro atoms. The average Bonchev–Trinajstić information content (AvgIpc) is 2.76. The summed E-state index contributed by atoms with van der Waals surface area (Å²) in [6.45, 7) is 0. The lowest BCUT2D eigenvalue weighted by Gasteiger charge is -1.99. The molecule has 0 bridgehead atoms. The summed E-state index contributed by atoms with van der Waals surface area (Å²) in [5.74, 6) is -1.04. The maximum atomic E-state index is 12.7. The zero-order chi connectivity index (χ0) is 13.1. The smallest absolute Gasteiger partial charge is 0.173 e. The maximum Gasteiger partial charge on any atom is 0.173 e. The third-order valence-electron chi connectivity index (χ3n) is 2.51. The largest absolute Gasteiger partial charge is 0.294 e. The summed E-state index contributed by atoms with van der Waals surface area (Å²) in [7, 11) is 1.69. The summed E-state index contributed by atoms with van der Waals surface area (Å²) in [4.78, 5) is 23.5. The van der Waals surface area contributed by atoms with E-state index < -0.39 is 5.82 Å². The summed E-state index contributed by atoms with van der Waals surface area (Å²) < 4.78 is 14.2. The Hall–Kier alpha value is -2.30. The van der Waals surface area contributed by atoms with Crippen LogP contribution in [0.25, 0.3) is 0 Å². The van der Waals surface area contributed by atoms with Crippen LogP contribution in [0.4, 0.5) is 4.39 Å². The fourth-order valence-electron chi connectivity index (χ4n) is 1.55. The first-order valence-electron chi connectivity index (χ1n) is 5.37. The Labute approximate surface area is 103 Å². The molecule has 0 saturated heterocycles. The minimum atomic E-state index is -0.412. The fourth-order valence-corrected chi connectivity index (χ4v) is 1.55. The number of ketones is 2. The second-order valence-corrected chi connectivity index (χ2v) is 3.93. The molecule has 5 heteroatoms. The Kier molecular flexibility index (Phi) is 3.32. The number of hydrogen-bond acceptors (Lipinski definition) is 3. The molecule has 0 aliphatic heterocycles. The van der Waals surface area contributed by atoms with Crippen LogP contribution in [0, 0.1) is 5.82 Å². The number of nitrogens with zero attached hydrogens (tertiary/aromatic N) is 2. The van der Waals surface area contributed by atoms with Gasteiger partial charge in [-0.3, -0.25) is 14.3 Å². The average molecular weight is 246 g/mol. The SMILES string of the molecule is Cn1cc(C(=O)CC(=O)c2ccc(F)cc2)cn1. The van der Waals surface area contributed by atoms with E-state index in [1.165, 1.54) is 35.1 Å². The Morgan fingerprint density at radius 1 is 1.17 bits per heavy atom. The maximum absolute atomic E-state index is 12.7. The van der Waals surface area contributed by atoms with Crippen LogP contribution in [0.3, 0.4) is 0 Å². The lowest BCUT2D eigenvalue weighted by molar-refractivity contribution is 0.0894. The Morgan fingerprint density at radius 3 is 2.33 bits per heavy atom. The number of benzene rings is 1. The van der Waals surface area contributed by atoms with Gasteiger partial charge >= 0.3 is 0 Å². The van der Waals surface area contributed by atoms with E-state index in [0.717, 1.165) is 0 Å². The molecule has 0 aliphatic carbocycles. The highest BCUT2D eigenvalue weighted by molar-refractivity contribution is 6.13. The van der Waals surface area contributed by atoms with Gasteiger partial charge in [0, 0.05) is 18.8 Å². The van der Waals surface area contributed by atoms with Gasteiger partial charge in [-0.1, -0.05) is 0 Å². The van der Waals surface area contributed by atoms with Crippen LogP contribution >= 0.6 is 0 Å². The summed E-state index contributed by atoms with van der Waals surface area (Å²) in [5.41, 5.74) is 0.724. The number of halogens is 1. The van der Waals surface area contributed by atoms with Crippen LogP contribution in [-0.2, 0) is 7.05 Å². The topological polar surface area (TPSA) is 52.0 Å². The van der Waals surface area contributed by atoms with E-state index in [2.05, 4.69) is 5.10 Å². The van der Waals surface area contributed by atoms with Crippen molar-refractivity contribution in [2.75, 3.05) is 0 Å². The lowest BCUT2D eigenvalue weighted by atomic mass is 10.0. The highest BCUT2D eigenvalue weighted by atomic mass is 19.1. The second-order valence-electron chi connectivity index (χ2n) is 3.93. The van der Waals surface area contributed by atoms with Gasteiger partial charge < -0.3 is 0 Å². The number of aryl methyl sites for hydroxylation is 1. The molecule has 0 aliphatic rings. The first kappa shape index (κ1) is 12.2. The molecule has 4 nitrogen and oxygen atoms in total. The molecular weight excluding hydrogens is 235 g/mol. The molecule has 1 aromatic carbocycles. The van der Waals surface area contributed by atoms with Crippen molar-refractivity contribution in [2.45, 2.75) is 6.42 Å². The summed E-state index contributed by atoms with van der Waals surface area (Å²) in [6.07, 6.45) is 2.73. The monoisotopic (exact) mass is 246 g/mol. The molecule has 0 radical (unpaired) electrons. The van der Waals surface area contributed by atoms with E-state index in [4.69, 9.17) is 0 Å². The van der Waals surface area contributed by atoms with Gasteiger partial charge in [0.15, 0.2) is 11.6 Å². The molecule has 92 valence electrons. The van der Waals surface area contributed by atoms with Crippen molar-refractivity contribution < 1.29 is 14.0 Å². The van der Waals surface area contributed by atoms with E-state index in [1.54, 1.807) is 13.2 Å². The summed E-state index contributed by atoms with van der Waals surface area (Å²) in [6, 6.07) is 5.13. The van der Waals surface area contributed by atoms with Crippen molar-refractivity contribution in [3.63, 3.8) is 0 Å². The quantitative estimate of drug-likeness (QED) is 0.612. The molecule has 0 atom stereocenters. The van der Waals surface area contributed by atoms with Crippen LogP contribution in [0.1, 0.15) is 27.1 Å². The van der Waals surface area contributed by atoms with Gasteiger partial charge in [0.25, 0.3) is 0 Å². The van der Waals surface area contributed by atoms with E-state index in [0.29, 0.717) is 11.1 Å². The van der Waals surface area contributed by atoms with Crippen LogP contribution in [0.2, 0.25) is 0 Å². The Balaban J connectivity index is 2.08. The number of hydrogen-bond donors (Lipinski definition) is 0. The highest BCUT2D eigenvalue weighted by Crippen LogP contribution is 2.09. The van der Waals surface area contributed by atoms with Gasteiger partial charge in [0.05, 0.1) is 18.2 Å². The van der Waals surface area contributed by atoms with Crippen molar-refractivity contribution in [3.8, 4) is 0 Å². The molecule has 1 heterocycles. The van der Waals surface area contributed by atoms with E-state index in [9.17, 15) is 14.0 Å². The normalized spacial score (nSPS) is 10.3. The minimum absolute atomic E-state index is 0.239. The van der Waals surface area contributed by atoms with Crippen LogP contribution in [-0.4, -0.2) is 21.3 Å². The second kappa shape index (κ2) is 4.91. The van der Waals surface area contributed by atoms with Crippen LogP contribution in [0.5, 0.6) is 0 Å². The van der Waals surface area contributed by atoms with E-state index in [1.807, 2.05) is 0 Å². The van der Waals surface area contributed by atoms with Gasteiger partial charge in [-0.15, -0.1) is 0 Å². The highest BCUT2D eigenvalue weighted by Gasteiger charge is 2.14. The zero-order valence-corrected chi connectivity index (χ0v) is 9.76.